The van der Waals surface area contributed by atoms with E-state index in [1.165, 1.54) is 99.1 Å². The summed E-state index contributed by atoms with van der Waals surface area (Å²) in [7, 11) is 0. The summed E-state index contributed by atoms with van der Waals surface area (Å²) < 4.78 is 0. The van der Waals surface area contributed by atoms with Crippen LogP contribution in [-0.4, -0.2) is 0 Å². The second-order valence-corrected chi connectivity index (χ2v) is 17.7. The van der Waals surface area contributed by atoms with E-state index in [0.29, 0.717) is 0 Å². The molecule has 12 rings (SSSR count). The molecule has 302 valence electrons. The molecule has 11 aromatic rings. The molecule has 64 heavy (non-hydrogen) atoms. The average molecular weight is 816 g/mol. The molecule has 0 bridgehead atoms. The third-order valence-corrected chi connectivity index (χ3v) is 13.6. The van der Waals surface area contributed by atoms with Crippen molar-refractivity contribution in [3.63, 3.8) is 0 Å². The number of rotatable bonds is 7. The molecule has 0 aromatic heterocycles. The maximum Gasteiger partial charge on any atom is 0.0546 e. The van der Waals surface area contributed by atoms with Gasteiger partial charge in [0, 0.05) is 22.4 Å². The minimum Gasteiger partial charge on any atom is -0.310 e. The first-order valence-electron chi connectivity index (χ1n) is 22.3. The predicted molar refractivity (Wildman–Crippen MR) is 273 cm³/mol. The lowest BCUT2D eigenvalue weighted by molar-refractivity contribution is 0.662. The second kappa shape index (κ2) is 15.1. The molecule has 1 aliphatic rings. The van der Waals surface area contributed by atoms with E-state index in [2.05, 4.69) is 255 Å². The summed E-state index contributed by atoms with van der Waals surface area (Å²) in [4.78, 5) is 2.47. The smallest absolute Gasteiger partial charge is 0.0546 e. The van der Waals surface area contributed by atoms with Crippen molar-refractivity contribution < 1.29 is 0 Å². The number of anilines is 3. The third-order valence-electron chi connectivity index (χ3n) is 13.6. The molecule has 0 saturated carbocycles. The Hall–Kier alpha value is -8.00. The molecule has 1 aliphatic carbocycles. The van der Waals surface area contributed by atoms with Gasteiger partial charge < -0.3 is 4.90 Å². The standard InChI is InChI=1S/C63H45N/c1-63(2)60-27-10-9-22-57(60)59-26-13-24-55(62(59)63)46-32-37-51(38-33-46)64(50-35-30-43(31-36-50)48-29-28-42-14-3-4-17-47(42)40-48)61-41-49(54-23-11-18-44-15-5-7-20-52(44)54)34-39-58(61)56-25-12-19-45-16-6-8-21-53(45)56/h3-41H,1-2H3. The van der Waals surface area contributed by atoms with Gasteiger partial charge in [-0.05, 0) is 130 Å². The van der Waals surface area contributed by atoms with Crippen LogP contribution < -0.4 is 4.90 Å². The van der Waals surface area contributed by atoms with Crippen molar-refractivity contribution in [1.29, 1.82) is 0 Å². The monoisotopic (exact) mass is 815 g/mol. The lowest BCUT2D eigenvalue weighted by Crippen LogP contribution is -2.16. The third kappa shape index (κ3) is 6.23. The highest BCUT2D eigenvalue weighted by atomic mass is 15.1. The van der Waals surface area contributed by atoms with Crippen molar-refractivity contribution in [2.75, 3.05) is 4.90 Å². The Kier molecular flexibility index (Phi) is 8.91. The van der Waals surface area contributed by atoms with Crippen molar-refractivity contribution >= 4 is 49.4 Å². The summed E-state index contributed by atoms with van der Waals surface area (Å²) in [5, 5.41) is 7.41. The van der Waals surface area contributed by atoms with E-state index < -0.39 is 0 Å². The zero-order valence-corrected chi connectivity index (χ0v) is 36.0. The van der Waals surface area contributed by atoms with Crippen LogP contribution in [0.5, 0.6) is 0 Å². The van der Waals surface area contributed by atoms with Crippen LogP contribution in [0.25, 0.3) is 88.0 Å². The number of fused-ring (bicyclic) bond motifs is 6. The van der Waals surface area contributed by atoms with Crippen molar-refractivity contribution in [2.24, 2.45) is 0 Å². The fourth-order valence-corrected chi connectivity index (χ4v) is 10.5. The summed E-state index contributed by atoms with van der Waals surface area (Å²) >= 11 is 0. The van der Waals surface area contributed by atoms with E-state index in [0.717, 1.165) is 17.1 Å². The van der Waals surface area contributed by atoms with Gasteiger partial charge in [0.1, 0.15) is 0 Å². The van der Waals surface area contributed by atoms with Crippen LogP contribution in [0.4, 0.5) is 17.1 Å². The van der Waals surface area contributed by atoms with Crippen LogP contribution in [0.1, 0.15) is 25.0 Å². The molecular weight excluding hydrogens is 771 g/mol. The van der Waals surface area contributed by atoms with E-state index in [4.69, 9.17) is 0 Å². The molecule has 0 atom stereocenters. The maximum absolute atomic E-state index is 2.47. The highest BCUT2D eigenvalue weighted by Crippen LogP contribution is 2.52. The molecule has 0 spiro atoms. The summed E-state index contributed by atoms with van der Waals surface area (Å²) in [5.41, 5.74) is 18.3. The number of hydrogen-bond acceptors (Lipinski definition) is 1. The zero-order chi connectivity index (χ0) is 42.8. The molecule has 0 amide bonds. The summed E-state index contributed by atoms with van der Waals surface area (Å²) in [6.07, 6.45) is 0. The fraction of sp³-hybridized carbons (Fsp3) is 0.0476. The van der Waals surface area contributed by atoms with E-state index in [1.54, 1.807) is 0 Å². The Morgan fingerprint density at radius 2 is 0.797 bits per heavy atom. The van der Waals surface area contributed by atoms with Crippen LogP contribution in [0, 0.1) is 0 Å². The molecule has 1 nitrogen and oxygen atoms in total. The lowest BCUT2D eigenvalue weighted by atomic mass is 9.79. The van der Waals surface area contributed by atoms with Crippen molar-refractivity contribution in [3.05, 3.63) is 248 Å². The normalized spacial score (nSPS) is 12.7. The van der Waals surface area contributed by atoms with Gasteiger partial charge in [-0.15, -0.1) is 0 Å². The average Bonchev–Trinajstić information content (AvgIpc) is 3.60. The Morgan fingerprint density at radius 1 is 0.297 bits per heavy atom. The van der Waals surface area contributed by atoms with Gasteiger partial charge in [0.05, 0.1) is 5.69 Å². The van der Waals surface area contributed by atoms with Crippen LogP contribution >= 0.6 is 0 Å². The summed E-state index contributed by atoms with van der Waals surface area (Å²) in [6.45, 7) is 4.74. The highest BCUT2D eigenvalue weighted by molar-refractivity contribution is 6.04. The first-order chi connectivity index (χ1) is 31.5. The quantitative estimate of drug-likeness (QED) is 0.155. The van der Waals surface area contributed by atoms with Gasteiger partial charge in [0.25, 0.3) is 0 Å². The first-order valence-corrected chi connectivity index (χ1v) is 22.3. The van der Waals surface area contributed by atoms with Gasteiger partial charge in [-0.2, -0.15) is 0 Å². The van der Waals surface area contributed by atoms with Gasteiger partial charge in [-0.3, -0.25) is 0 Å². The Morgan fingerprint density at radius 3 is 1.53 bits per heavy atom. The molecule has 0 heterocycles. The van der Waals surface area contributed by atoms with Gasteiger partial charge in [0.2, 0.25) is 0 Å². The molecule has 11 aromatic carbocycles. The first kappa shape index (κ1) is 37.7. The summed E-state index contributed by atoms with van der Waals surface area (Å²) in [6, 6.07) is 87.3. The molecule has 0 saturated heterocycles. The van der Waals surface area contributed by atoms with E-state index in [-0.39, 0.29) is 5.41 Å². The topological polar surface area (TPSA) is 3.24 Å². The molecule has 0 N–H and O–H groups in total. The van der Waals surface area contributed by atoms with Gasteiger partial charge in [-0.1, -0.05) is 214 Å². The van der Waals surface area contributed by atoms with Gasteiger partial charge in [0.15, 0.2) is 0 Å². The Bertz CT molecular complexity index is 3560. The fourth-order valence-electron chi connectivity index (χ4n) is 10.5. The minimum absolute atomic E-state index is 0.116. The van der Waals surface area contributed by atoms with Crippen molar-refractivity contribution in [1.82, 2.24) is 0 Å². The van der Waals surface area contributed by atoms with E-state index >= 15 is 0 Å². The second-order valence-electron chi connectivity index (χ2n) is 17.7. The van der Waals surface area contributed by atoms with Crippen molar-refractivity contribution in [3.8, 4) is 55.6 Å². The molecule has 0 aliphatic heterocycles. The maximum atomic E-state index is 2.47. The predicted octanol–water partition coefficient (Wildman–Crippen LogP) is 17.6. The molecule has 0 fully saturated rings. The van der Waals surface area contributed by atoms with Crippen LogP contribution in [0.3, 0.4) is 0 Å². The SMILES string of the molecule is CC1(C)c2ccccc2-c2cccc(-c3ccc(N(c4ccc(-c5ccc6ccccc6c5)cc4)c4cc(-c5cccc6ccccc56)ccc4-c4cccc5ccccc45)cc3)c21. The molecular formula is C63H45N. The zero-order valence-electron chi connectivity index (χ0n) is 36.0. The molecule has 0 radical (unpaired) electrons. The van der Waals surface area contributed by atoms with Crippen LogP contribution in [0.15, 0.2) is 237 Å². The van der Waals surface area contributed by atoms with E-state index in [9.17, 15) is 0 Å². The Labute approximate surface area is 375 Å². The largest absolute Gasteiger partial charge is 0.310 e. The summed E-state index contributed by atoms with van der Waals surface area (Å²) in [5.74, 6) is 0. The molecule has 1 heteroatoms. The van der Waals surface area contributed by atoms with E-state index in [1.807, 2.05) is 0 Å². The number of benzene rings is 11. The van der Waals surface area contributed by atoms with Crippen molar-refractivity contribution in [2.45, 2.75) is 19.3 Å². The van der Waals surface area contributed by atoms with Gasteiger partial charge in [-0.25, -0.2) is 0 Å². The van der Waals surface area contributed by atoms with Crippen LogP contribution in [-0.2, 0) is 5.41 Å². The lowest BCUT2D eigenvalue weighted by Gasteiger charge is -2.29. The Balaban J connectivity index is 1.06. The van der Waals surface area contributed by atoms with Gasteiger partial charge >= 0.3 is 0 Å². The highest BCUT2D eigenvalue weighted by Gasteiger charge is 2.37. The molecule has 0 unspecified atom stereocenters. The number of nitrogens with zero attached hydrogens (tertiary/aromatic N) is 1. The number of hydrogen-bond donors (Lipinski definition) is 0. The minimum atomic E-state index is -0.116. The van der Waals surface area contributed by atoms with Crippen LogP contribution in [0.2, 0.25) is 0 Å².